The summed E-state index contributed by atoms with van der Waals surface area (Å²) in [6.07, 6.45) is 4.26. The third kappa shape index (κ3) is 3.18. The maximum Gasteiger partial charge on any atom is 0.0223 e. The summed E-state index contributed by atoms with van der Waals surface area (Å²) in [6.45, 7) is 8.75. The summed E-state index contributed by atoms with van der Waals surface area (Å²) in [4.78, 5) is 5.40. The molecule has 0 aromatic heterocycles. The zero-order valence-electron chi connectivity index (χ0n) is 12.1. The van der Waals surface area contributed by atoms with Crippen LogP contribution in [0.25, 0.3) is 0 Å². The number of hydrogen-bond donors (Lipinski definition) is 0. The van der Waals surface area contributed by atoms with E-state index >= 15 is 0 Å². The Morgan fingerprint density at radius 1 is 1.11 bits per heavy atom. The van der Waals surface area contributed by atoms with Gasteiger partial charge in [-0.3, -0.25) is 9.80 Å². The average molecular weight is 258 g/mol. The number of piperazine rings is 1. The maximum absolute atomic E-state index is 2.72. The van der Waals surface area contributed by atoms with Gasteiger partial charge in [0.05, 0.1) is 0 Å². The van der Waals surface area contributed by atoms with Crippen LogP contribution in [-0.2, 0) is 0 Å². The average Bonchev–Trinajstić information content (AvgIpc) is 2.48. The number of rotatable bonds is 3. The van der Waals surface area contributed by atoms with Crippen molar-refractivity contribution in [1.82, 2.24) is 9.80 Å². The molecule has 0 amide bonds. The van der Waals surface area contributed by atoms with Gasteiger partial charge in [-0.25, -0.2) is 0 Å². The molecule has 1 aromatic carbocycles. The summed E-state index contributed by atoms with van der Waals surface area (Å²) >= 11 is 0. The van der Waals surface area contributed by atoms with Crippen molar-refractivity contribution >= 4 is 0 Å². The molecule has 104 valence electrons. The smallest absolute Gasteiger partial charge is 0.0223 e. The van der Waals surface area contributed by atoms with E-state index in [1.165, 1.54) is 57.5 Å². The van der Waals surface area contributed by atoms with Crippen LogP contribution in [-0.4, -0.2) is 48.6 Å². The van der Waals surface area contributed by atoms with E-state index in [0.29, 0.717) is 5.92 Å². The van der Waals surface area contributed by atoms with Gasteiger partial charge in [0, 0.05) is 32.2 Å². The standard InChI is InChI=1S/C17H26N2/c1-15(16-7-3-2-4-8-16)13-18-11-12-19-10-6-5-9-17(19)14-18/h2-4,7-8,15,17H,5-6,9-14H2,1H3. The first-order chi connectivity index (χ1) is 9.33. The summed E-state index contributed by atoms with van der Waals surface area (Å²) in [5, 5.41) is 0. The third-order valence-corrected chi connectivity index (χ3v) is 4.82. The molecule has 0 bridgehead atoms. The van der Waals surface area contributed by atoms with Gasteiger partial charge < -0.3 is 0 Å². The Morgan fingerprint density at radius 2 is 1.95 bits per heavy atom. The lowest BCUT2D eigenvalue weighted by Gasteiger charge is -2.44. The molecule has 2 heteroatoms. The quantitative estimate of drug-likeness (QED) is 0.822. The number of hydrogen-bond acceptors (Lipinski definition) is 2. The van der Waals surface area contributed by atoms with Gasteiger partial charge in [-0.2, -0.15) is 0 Å². The fourth-order valence-corrected chi connectivity index (χ4v) is 3.66. The van der Waals surface area contributed by atoms with Crippen molar-refractivity contribution in [1.29, 1.82) is 0 Å². The van der Waals surface area contributed by atoms with Crippen LogP contribution in [0.2, 0.25) is 0 Å². The molecule has 0 radical (unpaired) electrons. The van der Waals surface area contributed by atoms with Crippen LogP contribution in [0, 0.1) is 0 Å². The number of benzene rings is 1. The summed E-state index contributed by atoms with van der Waals surface area (Å²) in [5.74, 6) is 0.649. The van der Waals surface area contributed by atoms with E-state index in [2.05, 4.69) is 47.1 Å². The summed E-state index contributed by atoms with van der Waals surface area (Å²) in [5.41, 5.74) is 1.48. The predicted molar refractivity (Wildman–Crippen MR) is 80.5 cm³/mol. The molecule has 2 heterocycles. The van der Waals surface area contributed by atoms with Gasteiger partial charge in [-0.15, -0.1) is 0 Å². The van der Waals surface area contributed by atoms with Crippen molar-refractivity contribution in [2.75, 3.05) is 32.7 Å². The maximum atomic E-state index is 2.72. The van der Waals surface area contributed by atoms with Crippen LogP contribution < -0.4 is 0 Å². The molecule has 19 heavy (non-hydrogen) atoms. The van der Waals surface area contributed by atoms with Crippen LogP contribution in [0.15, 0.2) is 30.3 Å². The van der Waals surface area contributed by atoms with Crippen molar-refractivity contribution in [3.63, 3.8) is 0 Å². The van der Waals surface area contributed by atoms with Crippen molar-refractivity contribution < 1.29 is 0 Å². The Bertz CT molecular complexity index is 390. The molecular weight excluding hydrogens is 232 g/mol. The summed E-state index contributed by atoms with van der Waals surface area (Å²) in [7, 11) is 0. The molecule has 0 N–H and O–H groups in total. The minimum atomic E-state index is 0.649. The van der Waals surface area contributed by atoms with Crippen LogP contribution in [0.4, 0.5) is 0 Å². The fraction of sp³-hybridized carbons (Fsp3) is 0.647. The molecule has 3 rings (SSSR count). The van der Waals surface area contributed by atoms with E-state index in [1.807, 2.05) is 0 Å². The lowest BCUT2D eigenvalue weighted by atomic mass is 9.97. The first-order valence-corrected chi connectivity index (χ1v) is 7.84. The normalized spacial score (nSPS) is 26.9. The third-order valence-electron chi connectivity index (χ3n) is 4.82. The van der Waals surface area contributed by atoms with Crippen molar-refractivity contribution in [2.24, 2.45) is 0 Å². The Kier molecular flexibility index (Phi) is 4.19. The topological polar surface area (TPSA) is 6.48 Å². The highest BCUT2D eigenvalue weighted by atomic mass is 15.3. The SMILES string of the molecule is CC(CN1CCN2CCCCC2C1)c1ccccc1. The first kappa shape index (κ1) is 13.1. The van der Waals surface area contributed by atoms with Crippen molar-refractivity contribution in [2.45, 2.75) is 38.1 Å². The largest absolute Gasteiger partial charge is 0.300 e. The van der Waals surface area contributed by atoms with Gasteiger partial charge in [-0.05, 0) is 30.9 Å². The molecule has 2 unspecified atom stereocenters. The molecular formula is C17H26N2. The van der Waals surface area contributed by atoms with Gasteiger partial charge in [0.2, 0.25) is 0 Å². The van der Waals surface area contributed by atoms with E-state index in [0.717, 1.165) is 6.04 Å². The minimum absolute atomic E-state index is 0.649. The first-order valence-electron chi connectivity index (χ1n) is 7.84. The van der Waals surface area contributed by atoms with Crippen molar-refractivity contribution in [3.05, 3.63) is 35.9 Å². The van der Waals surface area contributed by atoms with E-state index in [9.17, 15) is 0 Å². The monoisotopic (exact) mass is 258 g/mol. The molecule has 1 aromatic rings. The van der Waals surface area contributed by atoms with E-state index in [1.54, 1.807) is 0 Å². The highest BCUT2D eigenvalue weighted by Gasteiger charge is 2.29. The lowest BCUT2D eigenvalue weighted by Crippen LogP contribution is -2.55. The molecule has 2 aliphatic heterocycles. The van der Waals surface area contributed by atoms with Crippen LogP contribution in [0.1, 0.15) is 37.7 Å². The molecule has 2 nitrogen and oxygen atoms in total. The van der Waals surface area contributed by atoms with Gasteiger partial charge in [0.1, 0.15) is 0 Å². The highest BCUT2D eigenvalue weighted by Crippen LogP contribution is 2.23. The zero-order chi connectivity index (χ0) is 13.1. The molecule has 0 spiro atoms. The number of piperidine rings is 1. The van der Waals surface area contributed by atoms with E-state index < -0.39 is 0 Å². The Hall–Kier alpha value is -0.860. The van der Waals surface area contributed by atoms with Crippen molar-refractivity contribution in [3.8, 4) is 0 Å². The minimum Gasteiger partial charge on any atom is -0.300 e. The summed E-state index contributed by atoms with van der Waals surface area (Å²) < 4.78 is 0. The molecule has 2 fully saturated rings. The second kappa shape index (κ2) is 6.06. The Labute approximate surface area is 117 Å². The molecule has 0 aliphatic carbocycles. The fourth-order valence-electron chi connectivity index (χ4n) is 3.66. The Balaban J connectivity index is 1.56. The van der Waals surface area contributed by atoms with Gasteiger partial charge >= 0.3 is 0 Å². The number of nitrogens with zero attached hydrogens (tertiary/aromatic N) is 2. The molecule has 2 atom stereocenters. The zero-order valence-corrected chi connectivity index (χ0v) is 12.1. The molecule has 2 aliphatic rings. The lowest BCUT2D eigenvalue weighted by molar-refractivity contribution is 0.0472. The predicted octanol–water partition coefficient (Wildman–Crippen LogP) is 2.96. The van der Waals surface area contributed by atoms with Gasteiger partial charge in [0.25, 0.3) is 0 Å². The summed E-state index contributed by atoms with van der Waals surface area (Å²) in [6, 6.07) is 11.8. The Morgan fingerprint density at radius 3 is 2.79 bits per heavy atom. The molecule has 0 saturated carbocycles. The van der Waals surface area contributed by atoms with Crippen LogP contribution in [0.3, 0.4) is 0 Å². The highest BCUT2D eigenvalue weighted by molar-refractivity contribution is 5.19. The van der Waals surface area contributed by atoms with Crippen LogP contribution >= 0.6 is 0 Å². The van der Waals surface area contributed by atoms with Crippen LogP contribution in [0.5, 0.6) is 0 Å². The second-order valence-electron chi connectivity index (χ2n) is 6.26. The van der Waals surface area contributed by atoms with E-state index in [4.69, 9.17) is 0 Å². The van der Waals surface area contributed by atoms with Gasteiger partial charge in [-0.1, -0.05) is 43.7 Å². The number of fused-ring (bicyclic) bond motifs is 1. The second-order valence-corrected chi connectivity index (χ2v) is 6.26. The van der Waals surface area contributed by atoms with Gasteiger partial charge in [0.15, 0.2) is 0 Å². The molecule has 2 saturated heterocycles. The van der Waals surface area contributed by atoms with E-state index in [-0.39, 0.29) is 0 Å².